The Bertz CT molecular complexity index is 1650. The van der Waals surface area contributed by atoms with Crippen molar-refractivity contribution in [3.63, 3.8) is 0 Å². The van der Waals surface area contributed by atoms with E-state index < -0.39 is 0 Å². The van der Waals surface area contributed by atoms with Gasteiger partial charge < -0.3 is 24.8 Å². The topological polar surface area (TPSA) is 85.9 Å². The molecule has 6 aliphatic carbocycles. The highest BCUT2D eigenvalue weighted by Crippen LogP contribution is 2.64. The Hall–Kier alpha value is -4.30. The summed E-state index contributed by atoms with van der Waals surface area (Å²) in [6, 6.07) is 29.8. The Kier molecular flexibility index (Phi) is 7.45. The molecule has 0 radical (unpaired) electrons. The second-order valence-electron chi connectivity index (χ2n) is 12.1. The highest BCUT2D eigenvalue weighted by Gasteiger charge is 2.51. The molecule has 45 heavy (non-hydrogen) atoms. The molecule has 7 heteroatoms. The fourth-order valence-corrected chi connectivity index (χ4v) is 8.22. The zero-order valence-electron chi connectivity index (χ0n) is 25.1. The van der Waals surface area contributed by atoms with E-state index in [1.54, 1.807) is 0 Å². The highest BCUT2D eigenvalue weighted by molar-refractivity contribution is 5.99. The van der Waals surface area contributed by atoms with Crippen LogP contribution < -0.4 is 10.6 Å². The highest BCUT2D eigenvalue weighted by atomic mass is 16.5. The first-order valence-corrected chi connectivity index (χ1v) is 16.0. The molecule has 228 valence electrons. The summed E-state index contributed by atoms with van der Waals surface area (Å²) in [5.74, 6) is -0.551. The van der Waals surface area contributed by atoms with E-state index in [1.165, 1.54) is 33.4 Å². The standard InChI is InChI=1S/C38H36N2O5/c41-37-29-13-5-11-27-31-23-7-1-3-9-25(23)35(33(27)29)36-26-10-4-2-8-24(26)32(31)28-12-6-14-30(34(28)36)38(42)40-16-18-44-20-22-45-21-19-43-17-15-39-37/h1-14,31-32,35-36H,15-22H2,(H,39,41)(H,40,42)/t31-,32+,35+,36-. The van der Waals surface area contributed by atoms with Crippen molar-refractivity contribution in [3.05, 3.63) is 141 Å². The van der Waals surface area contributed by atoms with Gasteiger partial charge in [0.1, 0.15) is 0 Å². The van der Waals surface area contributed by atoms with Gasteiger partial charge >= 0.3 is 0 Å². The third kappa shape index (κ3) is 4.69. The molecule has 2 amide bonds. The zero-order chi connectivity index (χ0) is 30.3. The molecule has 11 rings (SSSR count). The lowest BCUT2D eigenvalue weighted by molar-refractivity contribution is 0.0157. The van der Waals surface area contributed by atoms with Crippen molar-refractivity contribution in [2.75, 3.05) is 52.7 Å². The van der Waals surface area contributed by atoms with E-state index >= 15 is 0 Å². The number of ether oxygens (including phenoxy) is 3. The molecule has 2 N–H and O–H groups in total. The van der Waals surface area contributed by atoms with Crippen molar-refractivity contribution in [3.8, 4) is 0 Å². The van der Waals surface area contributed by atoms with E-state index in [-0.39, 0.29) is 35.5 Å². The van der Waals surface area contributed by atoms with Gasteiger partial charge in [0, 0.05) is 47.9 Å². The Morgan fingerprint density at radius 2 is 0.778 bits per heavy atom. The molecule has 0 aromatic heterocycles. The van der Waals surface area contributed by atoms with Crippen LogP contribution >= 0.6 is 0 Å². The van der Waals surface area contributed by atoms with Crippen molar-refractivity contribution in [2.45, 2.75) is 23.7 Å². The summed E-state index contributed by atoms with van der Waals surface area (Å²) in [4.78, 5) is 27.9. The predicted octanol–water partition coefficient (Wildman–Crippen LogP) is 5.08. The Balaban J connectivity index is 1.34. The molecular formula is C38H36N2O5. The smallest absolute Gasteiger partial charge is 0.251 e. The molecule has 0 spiro atoms. The Morgan fingerprint density at radius 1 is 0.422 bits per heavy atom. The number of hydrogen-bond donors (Lipinski definition) is 2. The quantitative estimate of drug-likeness (QED) is 0.294. The van der Waals surface area contributed by atoms with E-state index in [4.69, 9.17) is 14.2 Å². The molecular weight excluding hydrogens is 564 g/mol. The molecule has 7 aliphatic rings. The van der Waals surface area contributed by atoms with Gasteiger partial charge in [-0.25, -0.2) is 0 Å². The van der Waals surface area contributed by atoms with Crippen molar-refractivity contribution in [2.24, 2.45) is 0 Å². The normalized spacial score (nSPS) is 24.4. The Labute approximate surface area is 262 Å². The van der Waals surface area contributed by atoms with E-state index in [0.717, 1.165) is 11.1 Å². The molecule has 1 heterocycles. The van der Waals surface area contributed by atoms with E-state index in [1.807, 2.05) is 24.3 Å². The lowest BCUT2D eigenvalue weighted by atomic mass is 9.52. The van der Waals surface area contributed by atoms with Crippen LogP contribution in [0.1, 0.15) is 88.9 Å². The van der Waals surface area contributed by atoms with Gasteiger partial charge in [0.15, 0.2) is 0 Å². The zero-order valence-corrected chi connectivity index (χ0v) is 25.1. The lowest BCUT2D eigenvalue weighted by Crippen LogP contribution is -2.39. The molecule has 0 saturated carbocycles. The van der Waals surface area contributed by atoms with Gasteiger partial charge in [-0.15, -0.1) is 0 Å². The van der Waals surface area contributed by atoms with Gasteiger partial charge in [-0.2, -0.15) is 0 Å². The summed E-state index contributed by atoms with van der Waals surface area (Å²) < 4.78 is 17.0. The third-order valence-corrected chi connectivity index (χ3v) is 9.87. The molecule has 6 bridgehead atoms. The minimum Gasteiger partial charge on any atom is -0.377 e. The van der Waals surface area contributed by atoms with Crippen LogP contribution in [0.5, 0.6) is 0 Å². The average molecular weight is 601 g/mol. The van der Waals surface area contributed by atoms with Crippen molar-refractivity contribution in [1.29, 1.82) is 0 Å². The first-order valence-electron chi connectivity index (χ1n) is 16.0. The fourth-order valence-electron chi connectivity index (χ4n) is 8.22. The van der Waals surface area contributed by atoms with Gasteiger partial charge in [-0.3, -0.25) is 9.59 Å². The molecule has 0 unspecified atom stereocenters. The Morgan fingerprint density at radius 3 is 1.20 bits per heavy atom. The summed E-state index contributed by atoms with van der Waals surface area (Å²) in [5, 5.41) is 6.24. The fraction of sp³-hybridized carbons (Fsp3) is 0.316. The molecule has 7 nitrogen and oxygen atoms in total. The van der Waals surface area contributed by atoms with Crippen LogP contribution in [0, 0.1) is 0 Å². The number of benzene rings is 4. The maximum Gasteiger partial charge on any atom is 0.251 e. The second-order valence-corrected chi connectivity index (χ2v) is 12.1. The summed E-state index contributed by atoms with van der Waals surface area (Å²) in [6.45, 7) is 3.39. The number of carbonyl (C=O) groups excluding carboxylic acids is 2. The van der Waals surface area contributed by atoms with Gasteiger partial charge in [0.05, 0.1) is 39.6 Å². The SMILES string of the molecule is O=C1NCCOCCOCCOCCNC(=O)c2cccc3c2[C@@H]2c4ccccc4[C@H]3[C@H]3c4ccccc4[C@@H]2c2c1cccc23. The predicted molar refractivity (Wildman–Crippen MR) is 170 cm³/mol. The van der Waals surface area contributed by atoms with Crippen LogP contribution in [-0.4, -0.2) is 64.5 Å². The van der Waals surface area contributed by atoms with Gasteiger partial charge in [-0.05, 0) is 56.6 Å². The monoisotopic (exact) mass is 600 g/mol. The van der Waals surface area contributed by atoms with E-state index in [9.17, 15) is 9.59 Å². The van der Waals surface area contributed by atoms with Crippen molar-refractivity contribution < 1.29 is 23.8 Å². The van der Waals surface area contributed by atoms with E-state index in [0.29, 0.717) is 63.9 Å². The summed E-state index contributed by atoms with van der Waals surface area (Å²) in [6.07, 6.45) is 0. The summed E-state index contributed by atoms with van der Waals surface area (Å²) >= 11 is 0. The molecule has 4 aromatic carbocycles. The van der Waals surface area contributed by atoms with Gasteiger partial charge in [0.2, 0.25) is 0 Å². The second kappa shape index (κ2) is 11.9. The van der Waals surface area contributed by atoms with Crippen LogP contribution in [0.15, 0.2) is 84.9 Å². The number of nitrogens with one attached hydrogen (secondary N) is 2. The number of rotatable bonds is 0. The number of amides is 2. The van der Waals surface area contributed by atoms with Crippen molar-refractivity contribution in [1.82, 2.24) is 10.6 Å². The maximum atomic E-state index is 14.0. The minimum absolute atomic E-state index is 0.0157. The largest absolute Gasteiger partial charge is 0.377 e. The van der Waals surface area contributed by atoms with E-state index in [2.05, 4.69) is 71.3 Å². The third-order valence-electron chi connectivity index (χ3n) is 9.87. The number of carbonyl (C=O) groups is 2. The molecule has 1 aliphatic heterocycles. The van der Waals surface area contributed by atoms with Crippen LogP contribution in [0.3, 0.4) is 0 Å². The average Bonchev–Trinajstić information content (AvgIpc) is 3.06. The van der Waals surface area contributed by atoms with Crippen LogP contribution in [0.25, 0.3) is 0 Å². The van der Waals surface area contributed by atoms with Gasteiger partial charge in [0.25, 0.3) is 11.8 Å². The molecule has 4 aromatic rings. The van der Waals surface area contributed by atoms with Gasteiger partial charge in [-0.1, -0.05) is 72.8 Å². The maximum absolute atomic E-state index is 14.0. The lowest BCUT2D eigenvalue weighted by Gasteiger charge is -2.50. The van der Waals surface area contributed by atoms with Crippen molar-refractivity contribution >= 4 is 11.8 Å². The summed E-state index contributed by atoms with van der Waals surface area (Å²) in [5.41, 5.74) is 11.0. The molecule has 4 atom stereocenters. The number of hydrogen-bond acceptors (Lipinski definition) is 5. The van der Waals surface area contributed by atoms with Crippen LogP contribution in [-0.2, 0) is 14.2 Å². The molecule has 0 fully saturated rings. The molecule has 0 saturated heterocycles. The van der Waals surface area contributed by atoms with Crippen LogP contribution in [0.2, 0.25) is 0 Å². The minimum atomic E-state index is -0.157. The van der Waals surface area contributed by atoms with Crippen LogP contribution in [0.4, 0.5) is 0 Å². The first-order chi connectivity index (χ1) is 22.2. The summed E-state index contributed by atoms with van der Waals surface area (Å²) in [7, 11) is 0. The first kappa shape index (κ1) is 28.2.